The predicted molar refractivity (Wildman–Crippen MR) is 128 cm³/mol. The van der Waals surface area contributed by atoms with Gasteiger partial charge in [0.05, 0.1) is 12.8 Å². The van der Waals surface area contributed by atoms with Gasteiger partial charge in [0.15, 0.2) is 0 Å². The minimum absolute atomic E-state index is 0.736. The average Bonchev–Trinajstić information content (AvgIpc) is 2.80. The minimum Gasteiger partial charge on any atom is -0.495 e. The Kier molecular flexibility index (Phi) is 6.63. The number of rotatable bonds is 6. The molecule has 30 heavy (non-hydrogen) atoms. The largest absolute Gasteiger partial charge is 0.495 e. The lowest BCUT2D eigenvalue weighted by Gasteiger charge is -2.34. The molecule has 2 aliphatic rings. The summed E-state index contributed by atoms with van der Waals surface area (Å²) in [5.74, 6) is 1.64. The van der Waals surface area contributed by atoms with Crippen molar-refractivity contribution in [1.82, 2.24) is 4.90 Å². The Morgan fingerprint density at radius 3 is 2.33 bits per heavy atom. The van der Waals surface area contributed by atoms with Crippen LogP contribution in [0.5, 0.6) is 5.75 Å². The Balaban J connectivity index is 1.42. The second-order valence-corrected chi connectivity index (χ2v) is 8.74. The van der Waals surface area contributed by atoms with Gasteiger partial charge < -0.3 is 19.9 Å². The number of hydrogen-bond acceptors (Lipinski definition) is 4. The van der Waals surface area contributed by atoms with Crippen molar-refractivity contribution in [3.8, 4) is 5.75 Å². The molecule has 0 radical (unpaired) electrons. The number of benzene rings is 2. The SMILES string of the molecule is C=C(Nc1ccc(N2CCN(C)CC2)c(OC)c1)c1ccc(C2CCCCC2)cc1. The lowest BCUT2D eigenvalue weighted by Crippen LogP contribution is -2.44. The molecular weight excluding hydrogens is 370 g/mol. The molecule has 0 aromatic heterocycles. The molecule has 1 aliphatic carbocycles. The first kappa shape index (κ1) is 20.8. The van der Waals surface area contributed by atoms with E-state index in [1.165, 1.54) is 43.4 Å². The van der Waals surface area contributed by atoms with E-state index >= 15 is 0 Å². The lowest BCUT2D eigenvalue weighted by atomic mass is 9.84. The molecule has 4 nitrogen and oxygen atoms in total. The van der Waals surface area contributed by atoms with E-state index in [0.29, 0.717) is 0 Å². The zero-order chi connectivity index (χ0) is 20.9. The molecule has 1 heterocycles. The maximum Gasteiger partial charge on any atom is 0.144 e. The van der Waals surface area contributed by atoms with Crippen LogP contribution in [0.15, 0.2) is 49.0 Å². The van der Waals surface area contributed by atoms with Gasteiger partial charge in [-0.1, -0.05) is 50.1 Å². The molecule has 4 heteroatoms. The van der Waals surface area contributed by atoms with Crippen molar-refractivity contribution in [3.05, 3.63) is 60.2 Å². The number of likely N-dealkylation sites (N-methyl/N-ethyl adjacent to an activating group) is 1. The lowest BCUT2D eigenvalue weighted by molar-refractivity contribution is 0.311. The van der Waals surface area contributed by atoms with Gasteiger partial charge in [0, 0.05) is 43.6 Å². The molecule has 1 saturated carbocycles. The second-order valence-electron chi connectivity index (χ2n) is 8.74. The van der Waals surface area contributed by atoms with E-state index in [1.54, 1.807) is 7.11 Å². The topological polar surface area (TPSA) is 27.7 Å². The number of hydrogen-bond donors (Lipinski definition) is 1. The van der Waals surface area contributed by atoms with Crippen molar-refractivity contribution < 1.29 is 4.74 Å². The van der Waals surface area contributed by atoms with E-state index < -0.39 is 0 Å². The van der Waals surface area contributed by atoms with E-state index in [1.807, 2.05) is 0 Å². The molecule has 1 N–H and O–H groups in total. The average molecular weight is 406 g/mol. The molecule has 1 saturated heterocycles. The molecule has 2 aromatic carbocycles. The van der Waals surface area contributed by atoms with Crippen LogP contribution >= 0.6 is 0 Å². The Morgan fingerprint density at radius 1 is 0.967 bits per heavy atom. The summed E-state index contributed by atoms with van der Waals surface area (Å²) in [6, 6.07) is 15.3. The van der Waals surface area contributed by atoms with Gasteiger partial charge >= 0.3 is 0 Å². The molecule has 2 fully saturated rings. The molecule has 0 atom stereocenters. The highest BCUT2D eigenvalue weighted by Crippen LogP contribution is 2.34. The van der Waals surface area contributed by atoms with Gasteiger partial charge in [-0.2, -0.15) is 0 Å². The molecular formula is C26H35N3O. The number of anilines is 2. The van der Waals surface area contributed by atoms with Crippen molar-refractivity contribution in [2.24, 2.45) is 0 Å². The van der Waals surface area contributed by atoms with Gasteiger partial charge in [0.1, 0.15) is 5.75 Å². The Morgan fingerprint density at radius 2 is 1.67 bits per heavy atom. The highest BCUT2D eigenvalue weighted by molar-refractivity contribution is 5.77. The van der Waals surface area contributed by atoms with Crippen LogP contribution in [0.2, 0.25) is 0 Å². The normalized spacial score (nSPS) is 18.3. The third-order valence-electron chi connectivity index (χ3n) is 6.65. The van der Waals surface area contributed by atoms with Gasteiger partial charge in [0.25, 0.3) is 0 Å². The van der Waals surface area contributed by atoms with Crippen molar-refractivity contribution >= 4 is 17.1 Å². The molecule has 2 aromatic rings. The first-order valence-corrected chi connectivity index (χ1v) is 11.3. The molecule has 0 unspecified atom stereocenters. The summed E-state index contributed by atoms with van der Waals surface area (Å²) in [5, 5.41) is 3.47. The Labute approximate surface area is 181 Å². The maximum absolute atomic E-state index is 5.71. The summed E-state index contributed by atoms with van der Waals surface area (Å²) in [6.45, 7) is 8.49. The fourth-order valence-corrected chi connectivity index (χ4v) is 4.70. The van der Waals surface area contributed by atoms with Gasteiger partial charge in [-0.15, -0.1) is 0 Å². The Hall–Kier alpha value is -2.46. The highest BCUT2D eigenvalue weighted by atomic mass is 16.5. The summed E-state index contributed by atoms with van der Waals surface area (Å²) >= 11 is 0. The summed E-state index contributed by atoms with van der Waals surface area (Å²) < 4.78 is 5.71. The van der Waals surface area contributed by atoms with E-state index in [0.717, 1.165) is 54.8 Å². The monoisotopic (exact) mass is 405 g/mol. The fourth-order valence-electron chi connectivity index (χ4n) is 4.70. The smallest absolute Gasteiger partial charge is 0.144 e. The van der Waals surface area contributed by atoms with E-state index in [2.05, 4.69) is 71.2 Å². The van der Waals surface area contributed by atoms with Gasteiger partial charge in [0.2, 0.25) is 0 Å². The van der Waals surface area contributed by atoms with Gasteiger partial charge in [-0.3, -0.25) is 0 Å². The Bertz CT molecular complexity index is 847. The number of piperazine rings is 1. The van der Waals surface area contributed by atoms with Crippen LogP contribution < -0.4 is 15.0 Å². The van der Waals surface area contributed by atoms with Crippen molar-refractivity contribution in [2.45, 2.75) is 38.0 Å². The van der Waals surface area contributed by atoms with Crippen molar-refractivity contribution in [2.75, 3.05) is 50.6 Å². The van der Waals surface area contributed by atoms with Gasteiger partial charge in [-0.25, -0.2) is 0 Å². The third-order valence-corrected chi connectivity index (χ3v) is 6.65. The summed E-state index contributed by atoms with van der Waals surface area (Å²) in [4.78, 5) is 4.77. The summed E-state index contributed by atoms with van der Waals surface area (Å²) in [6.07, 6.45) is 6.79. The summed E-state index contributed by atoms with van der Waals surface area (Å²) in [5.41, 5.74) is 5.70. The van der Waals surface area contributed by atoms with Crippen LogP contribution in [0.3, 0.4) is 0 Å². The third kappa shape index (κ3) is 4.81. The number of nitrogens with zero attached hydrogens (tertiary/aromatic N) is 2. The number of ether oxygens (including phenoxy) is 1. The molecule has 0 bridgehead atoms. The molecule has 4 rings (SSSR count). The molecule has 0 amide bonds. The first-order chi connectivity index (χ1) is 14.6. The van der Waals surface area contributed by atoms with Crippen LogP contribution in [0.4, 0.5) is 11.4 Å². The van der Waals surface area contributed by atoms with Crippen LogP contribution in [-0.4, -0.2) is 45.2 Å². The first-order valence-electron chi connectivity index (χ1n) is 11.3. The fraction of sp³-hybridized carbons (Fsp3) is 0.462. The van der Waals surface area contributed by atoms with E-state index in [4.69, 9.17) is 4.74 Å². The highest BCUT2D eigenvalue weighted by Gasteiger charge is 2.18. The van der Waals surface area contributed by atoms with E-state index in [9.17, 15) is 0 Å². The number of nitrogens with one attached hydrogen (secondary N) is 1. The van der Waals surface area contributed by atoms with Crippen LogP contribution in [0.25, 0.3) is 5.70 Å². The number of methoxy groups -OCH3 is 1. The zero-order valence-electron chi connectivity index (χ0n) is 18.5. The van der Waals surface area contributed by atoms with Crippen LogP contribution in [-0.2, 0) is 0 Å². The van der Waals surface area contributed by atoms with E-state index in [-0.39, 0.29) is 0 Å². The molecule has 160 valence electrons. The van der Waals surface area contributed by atoms with Crippen molar-refractivity contribution in [1.29, 1.82) is 0 Å². The quantitative estimate of drug-likeness (QED) is 0.679. The molecule has 1 aliphatic heterocycles. The standard InChI is InChI=1S/C26H35N3O/c1-20(21-9-11-23(12-10-21)22-7-5-4-6-8-22)27-24-13-14-25(26(19-24)30-3)29-17-15-28(2)16-18-29/h9-14,19,22,27H,1,4-8,15-18H2,2-3H3. The zero-order valence-corrected chi connectivity index (χ0v) is 18.5. The second kappa shape index (κ2) is 9.57. The summed E-state index contributed by atoms with van der Waals surface area (Å²) in [7, 11) is 3.92. The maximum atomic E-state index is 5.71. The van der Waals surface area contributed by atoms with Crippen LogP contribution in [0, 0.1) is 0 Å². The van der Waals surface area contributed by atoms with Crippen LogP contribution in [0.1, 0.15) is 49.1 Å². The van der Waals surface area contributed by atoms with Gasteiger partial charge in [-0.05, 0) is 49.1 Å². The predicted octanol–water partition coefficient (Wildman–Crippen LogP) is 5.58. The molecule has 0 spiro atoms. The minimum atomic E-state index is 0.736. The van der Waals surface area contributed by atoms with Crippen molar-refractivity contribution in [3.63, 3.8) is 0 Å².